The van der Waals surface area contributed by atoms with Gasteiger partial charge in [-0.1, -0.05) is 29.4 Å². The van der Waals surface area contributed by atoms with Gasteiger partial charge in [-0.3, -0.25) is 4.79 Å². The first kappa shape index (κ1) is 18.7. The minimum absolute atomic E-state index is 0.146. The molecular weight excluding hydrogens is 399 g/mol. The molecule has 0 aliphatic carbocycles. The maximum Gasteiger partial charge on any atom is 0.279 e. The van der Waals surface area contributed by atoms with E-state index in [0.717, 1.165) is 0 Å². The molecule has 0 atom stereocenters. The van der Waals surface area contributed by atoms with Crippen molar-refractivity contribution in [3.8, 4) is 34.4 Å². The predicted octanol–water partition coefficient (Wildman–Crippen LogP) is 4.25. The van der Waals surface area contributed by atoms with Crippen LogP contribution >= 0.6 is 0 Å². The average Bonchev–Trinajstić information content (AvgIpc) is 3.30. The number of nitrogens with zero attached hydrogens (tertiary/aromatic N) is 4. The lowest BCUT2D eigenvalue weighted by Gasteiger charge is -2.10. The minimum atomic E-state index is -0.356. The van der Waals surface area contributed by atoms with Crippen LogP contribution in [0.4, 0.5) is 4.39 Å². The number of methoxy groups -OCH3 is 1. The van der Waals surface area contributed by atoms with Gasteiger partial charge >= 0.3 is 0 Å². The Morgan fingerprint density at radius 1 is 0.968 bits per heavy atom. The van der Waals surface area contributed by atoms with E-state index in [4.69, 9.17) is 9.26 Å². The summed E-state index contributed by atoms with van der Waals surface area (Å²) in [7, 11) is 1.55. The summed E-state index contributed by atoms with van der Waals surface area (Å²) in [5.74, 6) is 0.676. The quantitative estimate of drug-likeness (QED) is 0.437. The van der Waals surface area contributed by atoms with Crippen molar-refractivity contribution in [2.45, 2.75) is 0 Å². The van der Waals surface area contributed by atoms with Crippen molar-refractivity contribution in [3.05, 3.63) is 89.0 Å². The maximum absolute atomic E-state index is 13.2. The van der Waals surface area contributed by atoms with Gasteiger partial charge in [-0.2, -0.15) is 14.8 Å². The van der Waals surface area contributed by atoms with E-state index in [-0.39, 0.29) is 17.3 Å². The first-order valence-corrected chi connectivity index (χ1v) is 9.40. The fraction of sp³-hybridized carbons (Fsp3) is 0.0435. The molecular formula is C23H15FN4O3. The largest absolute Gasteiger partial charge is 0.497 e. The molecule has 0 saturated heterocycles. The van der Waals surface area contributed by atoms with Gasteiger partial charge < -0.3 is 9.26 Å². The van der Waals surface area contributed by atoms with Crippen molar-refractivity contribution in [1.82, 2.24) is 19.9 Å². The van der Waals surface area contributed by atoms with Gasteiger partial charge in [0.1, 0.15) is 11.6 Å². The Morgan fingerprint density at radius 2 is 1.74 bits per heavy atom. The highest BCUT2D eigenvalue weighted by Crippen LogP contribution is 2.27. The second kappa shape index (κ2) is 7.49. The van der Waals surface area contributed by atoms with Crippen LogP contribution in [-0.2, 0) is 0 Å². The van der Waals surface area contributed by atoms with Gasteiger partial charge in [-0.15, -0.1) is 0 Å². The van der Waals surface area contributed by atoms with E-state index >= 15 is 0 Å². The number of halogens is 1. The van der Waals surface area contributed by atoms with E-state index in [1.807, 2.05) is 0 Å². The number of ether oxygens (including phenoxy) is 1. The summed E-state index contributed by atoms with van der Waals surface area (Å²) >= 11 is 0. The van der Waals surface area contributed by atoms with Gasteiger partial charge in [0.05, 0.1) is 18.2 Å². The maximum atomic E-state index is 13.2. The van der Waals surface area contributed by atoms with Crippen molar-refractivity contribution < 1.29 is 13.7 Å². The Morgan fingerprint density at radius 3 is 2.52 bits per heavy atom. The molecule has 31 heavy (non-hydrogen) atoms. The Kier molecular flexibility index (Phi) is 4.51. The Labute approximate surface area is 175 Å². The third kappa shape index (κ3) is 3.33. The van der Waals surface area contributed by atoms with Crippen LogP contribution < -0.4 is 10.3 Å². The molecule has 5 rings (SSSR count). The van der Waals surface area contributed by atoms with E-state index < -0.39 is 0 Å². The molecule has 0 N–H and O–H groups in total. The summed E-state index contributed by atoms with van der Waals surface area (Å²) in [6.07, 6.45) is 0. The summed E-state index contributed by atoms with van der Waals surface area (Å²) in [5, 5.41) is 9.57. The molecule has 0 unspecified atom stereocenters. The van der Waals surface area contributed by atoms with Gasteiger partial charge in [0.15, 0.2) is 5.69 Å². The lowest BCUT2D eigenvalue weighted by molar-refractivity contribution is 0.414. The van der Waals surface area contributed by atoms with Gasteiger partial charge in [0.2, 0.25) is 5.82 Å². The molecule has 0 amide bonds. The van der Waals surface area contributed by atoms with Crippen LogP contribution in [0.3, 0.4) is 0 Å². The van der Waals surface area contributed by atoms with E-state index in [1.165, 1.54) is 16.8 Å². The lowest BCUT2D eigenvalue weighted by Crippen LogP contribution is -2.22. The molecule has 5 aromatic rings. The standard InChI is InChI=1S/C23H15FN4O3/c1-30-17-6-4-5-16(13-17)28-23(29)19-8-3-2-7-18(19)20(26-28)22-25-21(27-31-22)14-9-11-15(24)12-10-14/h2-13H,1H3. The molecule has 0 spiro atoms. The Balaban J connectivity index is 1.71. The minimum Gasteiger partial charge on any atom is -0.497 e. The smallest absolute Gasteiger partial charge is 0.279 e. The fourth-order valence-corrected chi connectivity index (χ4v) is 3.30. The summed E-state index contributed by atoms with van der Waals surface area (Å²) < 4.78 is 25.2. The Bertz CT molecular complexity index is 1460. The fourth-order valence-electron chi connectivity index (χ4n) is 3.30. The summed E-state index contributed by atoms with van der Waals surface area (Å²) in [4.78, 5) is 17.6. The summed E-state index contributed by atoms with van der Waals surface area (Å²) in [5.41, 5.74) is 1.21. The molecule has 2 heterocycles. The van der Waals surface area contributed by atoms with Crippen molar-refractivity contribution in [3.63, 3.8) is 0 Å². The van der Waals surface area contributed by atoms with Crippen molar-refractivity contribution in [1.29, 1.82) is 0 Å². The van der Waals surface area contributed by atoms with Crippen molar-refractivity contribution in [2.24, 2.45) is 0 Å². The monoisotopic (exact) mass is 414 g/mol. The molecule has 0 saturated carbocycles. The second-order valence-electron chi connectivity index (χ2n) is 6.74. The molecule has 0 aliphatic rings. The summed E-state index contributed by atoms with van der Waals surface area (Å²) in [6.45, 7) is 0. The van der Waals surface area contributed by atoms with Crippen LogP contribution in [0.5, 0.6) is 5.75 Å². The van der Waals surface area contributed by atoms with E-state index in [2.05, 4.69) is 15.2 Å². The SMILES string of the molecule is COc1cccc(-n2nc(-c3nc(-c4ccc(F)cc4)no3)c3ccccc3c2=O)c1. The number of aromatic nitrogens is 4. The van der Waals surface area contributed by atoms with E-state index in [9.17, 15) is 9.18 Å². The molecule has 8 heteroatoms. The zero-order valence-corrected chi connectivity index (χ0v) is 16.3. The van der Waals surface area contributed by atoms with Crippen molar-refractivity contribution in [2.75, 3.05) is 7.11 Å². The molecule has 7 nitrogen and oxygen atoms in total. The first-order chi connectivity index (χ1) is 15.1. The van der Waals surface area contributed by atoms with Crippen LogP contribution in [0.2, 0.25) is 0 Å². The predicted molar refractivity (Wildman–Crippen MR) is 113 cm³/mol. The summed E-state index contributed by atoms with van der Waals surface area (Å²) in [6, 6.07) is 19.9. The molecule has 0 radical (unpaired) electrons. The third-order valence-electron chi connectivity index (χ3n) is 4.83. The second-order valence-corrected chi connectivity index (χ2v) is 6.74. The molecule has 0 bridgehead atoms. The zero-order valence-electron chi connectivity index (χ0n) is 16.3. The highest BCUT2D eigenvalue weighted by molar-refractivity contribution is 5.92. The molecule has 152 valence electrons. The van der Waals surface area contributed by atoms with Crippen molar-refractivity contribution >= 4 is 10.8 Å². The molecule has 0 fully saturated rings. The van der Waals surface area contributed by atoms with Gasteiger partial charge in [0.25, 0.3) is 11.4 Å². The highest BCUT2D eigenvalue weighted by atomic mass is 19.1. The number of benzene rings is 3. The first-order valence-electron chi connectivity index (χ1n) is 9.40. The number of hydrogen-bond donors (Lipinski definition) is 0. The van der Waals surface area contributed by atoms with E-state index in [1.54, 1.807) is 67.8 Å². The number of fused-ring (bicyclic) bond motifs is 1. The molecule has 3 aromatic carbocycles. The van der Waals surface area contributed by atoms with Crippen LogP contribution in [0.1, 0.15) is 0 Å². The average molecular weight is 414 g/mol. The zero-order chi connectivity index (χ0) is 21.4. The number of hydrogen-bond acceptors (Lipinski definition) is 6. The van der Waals surface area contributed by atoms with Crippen LogP contribution in [-0.4, -0.2) is 27.0 Å². The van der Waals surface area contributed by atoms with Gasteiger partial charge in [-0.05, 0) is 42.5 Å². The van der Waals surface area contributed by atoms with Gasteiger partial charge in [0, 0.05) is 17.0 Å². The third-order valence-corrected chi connectivity index (χ3v) is 4.83. The van der Waals surface area contributed by atoms with Crippen LogP contribution in [0.25, 0.3) is 39.4 Å². The van der Waals surface area contributed by atoms with Crippen LogP contribution in [0, 0.1) is 5.82 Å². The number of rotatable bonds is 4. The molecule has 2 aromatic heterocycles. The van der Waals surface area contributed by atoms with Gasteiger partial charge in [-0.25, -0.2) is 4.39 Å². The normalized spacial score (nSPS) is 11.0. The Hall–Kier alpha value is -4.33. The van der Waals surface area contributed by atoms with Crippen LogP contribution in [0.15, 0.2) is 82.1 Å². The molecule has 0 aliphatic heterocycles. The topological polar surface area (TPSA) is 83.0 Å². The van der Waals surface area contributed by atoms with E-state index in [0.29, 0.717) is 39.3 Å². The lowest BCUT2D eigenvalue weighted by atomic mass is 10.1. The highest BCUT2D eigenvalue weighted by Gasteiger charge is 2.19.